The van der Waals surface area contributed by atoms with Crippen molar-refractivity contribution in [1.29, 1.82) is 0 Å². The van der Waals surface area contributed by atoms with Crippen LogP contribution in [-0.2, 0) is 22.7 Å². The highest BCUT2D eigenvalue weighted by Gasteiger charge is 2.39. The number of carbonyl (C=O) groups is 3. The number of amides is 3. The van der Waals surface area contributed by atoms with Gasteiger partial charge in [0.15, 0.2) is 0 Å². The van der Waals surface area contributed by atoms with E-state index in [1.165, 1.54) is 0 Å². The molecule has 3 N–H and O–H groups in total. The van der Waals surface area contributed by atoms with Crippen molar-refractivity contribution in [3.63, 3.8) is 0 Å². The molecule has 7 heteroatoms. The summed E-state index contributed by atoms with van der Waals surface area (Å²) in [5, 5.41) is 9.26. The van der Waals surface area contributed by atoms with Gasteiger partial charge in [-0.25, -0.2) is 0 Å². The van der Waals surface area contributed by atoms with Crippen molar-refractivity contribution in [1.82, 2.24) is 20.9 Å². The van der Waals surface area contributed by atoms with Crippen molar-refractivity contribution in [2.75, 3.05) is 13.1 Å². The first kappa shape index (κ1) is 17.2. The lowest BCUT2D eigenvalue weighted by Crippen LogP contribution is -2.52. The van der Waals surface area contributed by atoms with Gasteiger partial charge >= 0.3 is 0 Å². The fraction of sp³-hybridized carbons (Fsp3) is 0.526. The molecule has 3 aliphatic rings. The van der Waals surface area contributed by atoms with Gasteiger partial charge in [-0.05, 0) is 36.1 Å². The molecular weight excluding hydrogens is 332 g/mol. The van der Waals surface area contributed by atoms with Crippen molar-refractivity contribution < 1.29 is 14.4 Å². The van der Waals surface area contributed by atoms with Crippen molar-refractivity contribution in [3.05, 3.63) is 34.9 Å². The summed E-state index contributed by atoms with van der Waals surface area (Å²) >= 11 is 0. The van der Waals surface area contributed by atoms with E-state index in [0.717, 1.165) is 30.8 Å². The van der Waals surface area contributed by atoms with Crippen LogP contribution >= 0.6 is 0 Å². The van der Waals surface area contributed by atoms with E-state index in [2.05, 4.69) is 22.9 Å². The maximum absolute atomic E-state index is 12.8. The number of hydrogen-bond acceptors (Lipinski definition) is 5. The van der Waals surface area contributed by atoms with E-state index in [4.69, 9.17) is 0 Å². The molecule has 3 atom stereocenters. The van der Waals surface area contributed by atoms with Crippen LogP contribution in [0.1, 0.15) is 41.3 Å². The number of nitrogens with zero attached hydrogens (tertiary/aromatic N) is 1. The monoisotopic (exact) mass is 356 g/mol. The number of nitrogens with one attached hydrogen (secondary N) is 3. The van der Waals surface area contributed by atoms with Crippen LogP contribution in [0.5, 0.6) is 0 Å². The average molecular weight is 356 g/mol. The number of imide groups is 1. The Labute approximate surface area is 152 Å². The third-order valence-electron chi connectivity index (χ3n) is 5.68. The summed E-state index contributed by atoms with van der Waals surface area (Å²) in [6, 6.07) is 5.84. The number of rotatable bonds is 4. The Kier molecular flexibility index (Phi) is 4.50. The zero-order valence-electron chi connectivity index (χ0n) is 14.9. The van der Waals surface area contributed by atoms with Crippen molar-refractivity contribution in [2.24, 2.45) is 5.92 Å². The first-order valence-corrected chi connectivity index (χ1v) is 9.23. The highest BCUT2D eigenvalue weighted by Crippen LogP contribution is 2.28. The largest absolute Gasteiger partial charge is 0.322 e. The first-order chi connectivity index (χ1) is 12.5. The molecule has 0 saturated carbocycles. The minimum atomic E-state index is -0.556. The minimum absolute atomic E-state index is 0.118. The maximum atomic E-state index is 12.8. The summed E-state index contributed by atoms with van der Waals surface area (Å²) < 4.78 is 0. The van der Waals surface area contributed by atoms with Gasteiger partial charge in [-0.1, -0.05) is 19.1 Å². The number of hydrogen-bond donors (Lipinski definition) is 3. The van der Waals surface area contributed by atoms with E-state index in [1.807, 2.05) is 18.2 Å². The van der Waals surface area contributed by atoms with Crippen molar-refractivity contribution in [2.45, 2.75) is 44.9 Å². The van der Waals surface area contributed by atoms with Crippen LogP contribution in [-0.4, -0.2) is 47.8 Å². The number of carbonyl (C=O) groups excluding carboxylic acids is 3. The molecule has 3 aliphatic heterocycles. The zero-order chi connectivity index (χ0) is 18.3. The molecule has 0 aliphatic carbocycles. The topological polar surface area (TPSA) is 90.5 Å². The van der Waals surface area contributed by atoms with Crippen molar-refractivity contribution in [3.8, 4) is 0 Å². The third kappa shape index (κ3) is 3.12. The van der Waals surface area contributed by atoms with Gasteiger partial charge in [0.2, 0.25) is 11.8 Å². The quantitative estimate of drug-likeness (QED) is 0.668. The Morgan fingerprint density at radius 2 is 2.08 bits per heavy atom. The van der Waals surface area contributed by atoms with Crippen LogP contribution in [0.3, 0.4) is 0 Å². The second kappa shape index (κ2) is 6.81. The molecule has 3 amide bonds. The Morgan fingerprint density at radius 3 is 2.81 bits per heavy atom. The van der Waals surface area contributed by atoms with Crippen LogP contribution in [0.25, 0.3) is 0 Å². The molecule has 26 heavy (non-hydrogen) atoms. The van der Waals surface area contributed by atoms with Gasteiger partial charge in [0, 0.05) is 37.7 Å². The molecule has 7 nitrogen and oxygen atoms in total. The lowest BCUT2D eigenvalue weighted by molar-refractivity contribution is -0.136. The zero-order valence-corrected chi connectivity index (χ0v) is 14.9. The molecule has 1 aromatic carbocycles. The van der Waals surface area contributed by atoms with Gasteiger partial charge in [0.1, 0.15) is 6.04 Å². The van der Waals surface area contributed by atoms with E-state index in [0.29, 0.717) is 30.5 Å². The van der Waals surface area contributed by atoms with Gasteiger partial charge in [-0.15, -0.1) is 0 Å². The minimum Gasteiger partial charge on any atom is -0.322 e. The summed E-state index contributed by atoms with van der Waals surface area (Å²) in [6.07, 6.45) is 0.671. The van der Waals surface area contributed by atoms with E-state index < -0.39 is 6.04 Å². The smallest absolute Gasteiger partial charge is 0.255 e. The van der Waals surface area contributed by atoms with Gasteiger partial charge in [-0.2, -0.15) is 0 Å². The molecule has 0 radical (unpaired) electrons. The highest BCUT2D eigenvalue weighted by molar-refractivity contribution is 6.05. The van der Waals surface area contributed by atoms with Crippen LogP contribution in [0.2, 0.25) is 0 Å². The van der Waals surface area contributed by atoms with E-state index >= 15 is 0 Å². The van der Waals surface area contributed by atoms with Crippen LogP contribution in [0.15, 0.2) is 18.2 Å². The lowest BCUT2D eigenvalue weighted by Gasteiger charge is -2.29. The second-order valence-corrected chi connectivity index (χ2v) is 7.51. The molecule has 2 fully saturated rings. The van der Waals surface area contributed by atoms with Gasteiger partial charge in [-0.3, -0.25) is 19.7 Å². The average Bonchev–Trinajstić information content (AvgIpc) is 3.17. The van der Waals surface area contributed by atoms with Crippen molar-refractivity contribution >= 4 is 17.7 Å². The van der Waals surface area contributed by atoms with E-state index in [1.54, 1.807) is 4.90 Å². The fourth-order valence-electron chi connectivity index (χ4n) is 4.04. The Hall–Kier alpha value is -2.25. The first-order valence-electron chi connectivity index (χ1n) is 9.23. The molecule has 1 aromatic rings. The molecule has 4 rings (SSSR count). The predicted molar refractivity (Wildman–Crippen MR) is 95.1 cm³/mol. The van der Waals surface area contributed by atoms with Gasteiger partial charge < -0.3 is 15.5 Å². The predicted octanol–water partition coefficient (Wildman–Crippen LogP) is 0.145. The maximum Gasteiger partial charge on any atom is 0.255 e. The standard InChI is InChI=1S/C19H24N4O3/c1-11-7-20-9-15(11)21-8-12-2-3-13-10-23(19(26)14(13)6-12)16-4-5-17(24)22-18(16)25/h2-3,6,11,15-16,20-21H,4-5,7-10H2,1H3,(H,22,24,25)/t11-,15+,16?/m0/s1. The van der Waals surface area contributed by atoms with Crippen LogP contribution in [0.4, 0.5) is 0 Å². The summed E-state index contributed by atoms with van der Waals surface area (Å²) in [5.74, 6) is -0.159. The van der Waals surface area contributed by atoms with Crippen LogP contribution in [0, 0.1) is 5.92 Å². The molecule has 2 saturated heterocycles. The number of piperidine rings is 1. The summed E-state index contributed by atoms with van der Waals surface area (Å²) in [7, 11) is 0. The SMILES string of the molecule is C[C@H]1CNC[C@H]1NCc1ccc2c(c1)C(=O)N(C1CCC(=O)NC1=O)C2. The Morgan fingerprint density at radius 1 is 1.23 bits per heavy atom. The number of benzene rings is 1. The summed E-state index contributed by atoms with van der Waals surface area (Å²) in [5.41, 5.74) is 2.69. The highest BCUT2D eigenvalue weighted by atomic mass is 16.2. The summed E-state index contributed by atoms with van der Waals surface area (Å²) in [6.45, 7) is 5.37. The molecule has 1 unspecified atom stereocenters. The molecule has 3 heterocycles. The van der Waals surface area contributed by atoms with Gasteiger partial charge in [0.25, 0.3) is 5.91 Å². The molecular formula is C19H24N4O3. The Bertz CT molecular complexity index is 763. The van der Waals surface area contributed by atoms with Crippen LogP contribution < -0.4 is 16.0 Å². The molecule has 0 aromatic heterocycles. The van der Waals surface area contributed by atoms with E-state index in [-0.39, 0.29) is 24.1 Å². The normalized spacial score (nSPS) is 28.4. The Balaban J connectivity index is 1.45. The van der Waals surface area contributed by atoms with Gasteiger partial charge in [0.05, 0.1) is 0 Å². The molecule has 138 valence electrons. The lowest BCUT2D eigenvalue weighted by atomic mass is 10.0. The summed E-state index contributed by atoms with van der Waals surface area (Å²) in [4.78, 5) is 37.8. The third-order valence-corrected chi connectivity index (χ3v) is 5.68. The molecule has 0 spiro atoms. The van der Waals surface area contributed by atoms with E-state index in [9.17, 15) is 14.4 Å². The fourth-order valence-corrected chi connectivity index (χ4v) is 4.04. The number of fused-ring (bicyclic) bond motifs is 1. The molecule has 0 bridgehead atoms. The second-order valence-electron chi connectivity index (χ2n) is 7.51.